The van der Waals surface area contributed by atoms with Gasteiger partial charge in [-0.3, -0.25) is 19.7 Å². The number of furan rings is 1. The molecule has 2 aliphatic rings. The minimum absolute atomic E-state index is 0.00865. The van der Waals surface area contributed by atoms with Crippen LogP contribution in [0.4, 0.5) is 5.69 Å². The van der Waals surface area contributed by atoms with E-state index < -0.39 is 27.5 Å². The van der Waals surface area contributed by atoms with Crippen molar-refractivity contribution in [3.63, 3.8) is 0 Å². The van der Waals surface area contributed by atoms with Crippen molar-refractivity contribution < 1.29 is 27.2 Å². The van der Waals surface area contributed by atoms with Crippen LogP contribution in [0.25, 0.3) is 11.0 Å². The van der Waals surface area contributed by atoms with E-state index in [1.807, 2.05) is 26.0 Å². The Kier molecular flexibility index (Phi) is 9.14. The summed E-state index contributed by atoms with van der Waals surface area (Å²) in [6.07, 6.45) is 3.79. The summed E-state index contributed by atoms with van der Waals surface area (Å²) in [5, 5.41) is 6.49. The molecule has 0 bridgehead atoms. The number of nitrogens with one attached hydrogen (secondary N) is 2. The number of aryl methyl sites for hydroxylation is 2. The third-order valence-corrected chi connectivity index (χ3v) is 9.32. The number of amides is 3. The molecule has 3 amide bonds. The van der Waals surface area contributed by atoms with Gasteiger partial charge in [-0.25, -0.2) is 13.4 Å². The molecule has 2 N–H and O–H groups in total. The Hall–Kier alpha value is -4.19. The number of likely N-dealkylation sites (tertiary alicyclic amines) is 2. The van der Waals surface area contributed by atoms with E-state index in [2.05, 4.69) is 15.6 Å². The average Bonchev–Trinajstić information content (AvgIpc) is 3.59. The van der Waals surface area contributed by atoms with Gasteiger partial charge in [0.1, 0.15) is 23.1 Å². The first-order valence-electron chi connectivity index (χ1n) is 14.6. The fourth-order valence-corrected chi connectivity index (χ4v) is 6.54. The minimum atomic E-state index is -3.93. The van der Waals surface area contributed by atoms with Crippen LogP contribution in [0.2, 0.25) is 0 Å². The van der Waals surface area contributed by atoms with Crippen LogP contribution >= 0.6 is 0 Å². The number of hydrogen-bond acceptors (Lipinski definition) is 7. The van der Waals surface area contributed by atoms with Gasteiger partial charge in [0.25, 0.3) is 0 Å². The van der Waals surface area contributed by atoms with E-state index in [-0.39, 0.29) is 29.2 Å². The topological polar surface area (TPSA) is 141 Å². The highest BCUT2D eigenvalue weighted by atomic mass is 32.2. The number of aliphatic imine (C=N–C) groups is 1. The van der Waals surface area contributed by atoms with Crippen LogP contribution in [0.1, 0.15) is 43.4 Å². The van der Waals surface area contributed by atoms with E-state index in [0.717, 1.165) is 36.0 Å². The molecular weight excluding hydrogens is 570 g/mol. The van der Waals surface area contributed by atoms with Crippen LogP contribution in [-0.2, 0) is 24.2 Å². The highest BCUT2D eigenvalue weighted by molar-refractivity contribution is 7.92. The summed E-state index contributed by atoms with van der Waals surface area (Å²) >= 11 is 0. The molecule has 2 fully saturated rings. The molecule has 12 heteroatoms. The third-order valence-electron chi connectivity index (χ3n) is 7.68. The van der Waals surface area contributed by atoms with Crippen molar-refractivity contribution >= 4 is 50.2 Å². The summed E-state index contributed by atoms with van der Waals surface area (Å²) in [6.45, 7) is 5.53. The number of guanidine groups is 1. The quantitative estimate of drug-likeness (QED) is 0.310. The van der Waals surface area contributed by atoms with Crippen molar-refractivity contribution in [3.8, 4) is 0 Å². The molecule has 5 rings (SSSR count). The Labute approximate surface area is 251 Å². The normalized spacial score (nSPS) is 18.1. The zero-order valence-corrected chi connectivity index (χ0v) is 25.3. The maximum absolute atomic E-state index is 13.6. The zero-order valence-electron chi connectivity index (χ0n) is 24.5. The summed E-state index contributed by atoms with van der Waals surface area (Å²) in [7, 11) is -3.93. The van der Waals surface area contributed by atoms with Gasteiger partial charge in [-0.2, -0.15) is 0 Å². The number of carbonyl (C=O) groups is 3. The van der Waals surface area contributed by atoms with Gasteiger partial charge in [0.05, 0.1) is 11.4 Å². The Morgan fingerprint density at radius 3 is 2.44 bits per heavy atom. The van der Waals surface area contributed by atoms with Crippen LogP contribution in [0, 0.1) is 13.8 Å². The first-order chi connectivity index (χ1) is 20.6. The number of benzene rings is 2. The lowest BCUT2D eigenvalue weighted by Crippen LogP contribution is -2.46. The molecule has 1 aromatic heterocycles. The number of nitrogens with zero attached hydrogens (tertiary/aromatic N) is 3. The third kappa shape index (κ3) is 7.61. The number of fused-ring (bicyclic) bond motifs is 1. The number of hydrogen-bond donors (Lipinski definition) is 2. The molecular formula is C31H37N5O6S. The van der Waals surface area contributed by atoms with Crippen molar-refractivity contribution in [3.05, 3.63) is 59.9 Å². The molecule has 0 spiro atoms. The van der Waals surface area contributed by atoms with Gasteiger partial charge in [0.2, 0.25) is 23.7 Å². The Morgan fingerprint density at radius 2 is 1.70 bits per heavy atom. The van der Waals surface area contributed by atoms with E-state index in [9.17, 15) is 22.8 Å². The second-order valence-electron chi connectivity index (χ2n) is 11.2. The minimum Gasteiger partial charge on any atom is -0.461 e. The molecule has 3 heterocycles. The van der Waals surface area contributed by atoms with Crippen LogP contribution in [0.3, 0.4) is 0 Å². The summed E-state index contributed by atoms with van der Waals surface area (Å²) in [4.78, 5) is 47.5. The van der Waals surface area contributed by atoms with E-state index in [1.165, 1.54) is 12.1 Å². The first kappa shape index (κ1) is 30.3. The van der Waals surface area contributed by atoms with E-state index in [4.69, 9.17) is 4.42 Å². The highest BCUT2D eigenvalue weighted by Gasteiger charge is 2.31. The maximum atomic E-state index is 13.6. The maximum Gasteiger partial charge on any atom is 0.247 e. The molecule has 0 saturated carbocycles. The van der Waals surface area contributed by atoms with Gasteiger partial charge in [-0.05, 0) is 82.3 Å². The van der Waals surface area contributed by atoms with Crippen molar-refractivity contribution in [2.45, 2.75) is 56.9 Å². The number of anilines is 1. The van der Waals surface area contributed by atoms with Crippen LogP contribution in [0.5, 0.6) is 0 Å². The Morgan fingerprint density at radius 1 is 0.977 bits per heavy atom. The largest absolute Gasteiger partial charge is 0.461 e. The zero-order chi connectivity index (χ0) is 30.6. The molecule has 0 radical (unpaired) electrons. The predicted octanol–water partition coefficient (Wildman–Crippen LogP) is 3.41. The fraction of sp³-hybridized carbons (Fsp3) is 0.419. The number of rotatable bonds is 7. The second-order valence-corrected chi connectivity index (χ2v) is 13.2. The molecule has 1 atom stereocenters. The average molecular weight is 608 g/mol. The molecule has 43 heavy (non-hydrogen) atoms. The molecule has 2 aromatic carbocycles. The van der Waals surface area contributed by atoms with Crippen LogP contribution in [-0.4, -0.2) is 79.9 Å². The van der Waals surface area contributed by atoms with Gasteiger partial charge in [0, 0.05) is 30.7 Å². The monoisotopic (exact) mass is 607 g/mol. The lowest BCUT2D eigenvalue weighted by Gasteiger charge is -2.25. The molecule has 2 aliphatic heterocycles. The van der Waals surface area contributed by atoms with Gasteiger partial charge in [0.15, 0.2) is 9.84 Å². The van der Waals surface area contributed by atoms with Crippen LogP contribution < -0.4 is 10.6 Å². The molecule has 3 aromatic rings. The van der Waals surface area contributed by atoms with E-state index in [0.29, 0.717) is 43.7 Å². The van der Waals surface area contributed by atoms with Gasteiger partial charge in [-0.1, -0.05) is 17.7 Å². The van der Waals surface area contributed by atoms with E-state index >= 15 is 0 Å². The summed E-state index contributed by atoms with van der Waals surface area (Å²) in [5.74, 6) is -1.28. The lowest BCUT2D eigenvalue weighted by molar-refractivity contribution is -0.140. The van der Waals surface area contributed by atoms with Crippen molar-refractivity contribution in [1.29, 1.82) is 0 Å². The second kappa shape index (κ2) is 13.0. The first-order valence-corrected chi connectivity index (χ1v) is 16.2. The van der Waals surface area contributed by atoms with Gasteiger partial charge in [-0.15, -0.1) is 0 Å². The Bertz CT molecular complexity index is 1640. The number of carbonyl (C=O) groups excluding carboxylic acids is 3. The van der Waals surface area contributed by atoms with Crippen molar-refractivity contribution in [2.75, 3.05) is 37.2 Å². The molecule has 2 saturated heterocycles. The van der Waals surface area contributed by atoms with Crippen LogP contribution in [0.15, 0.2) is 62.8 Å². The summed E-state index contributed by atoms with van der Waals surface area (Å²) < 4.78 is 31.6. The van der Waals surface area contributed by atoms with E-state index in [1.54, 1.807) is 34.1 Å². The molecule has 11 nitrogen and oxygen atoms in total. The fourth-order valence-electron chi connectivity index (χ4n) is 5.40. The number of sulfone groups is 1. The predicted molar refractivity (Wildman–Crippen MR) is 163 cm³/mol. The van der Waals surface area contributed by atoms with Crippen molar-refractivity contribution in [1.82, 2.24) is 15.1 Å². The SMILES string of the molecule is Cc1ccc(S(=O)(=O)CC(=O)NC(=N[C@H]2CCCCN(CC(=O)N3CCCC3)C2=O)Nc2ccc3oc(C)cc3c2)cc1. The highest BCUT2D eigenvalue weighted by Crippen LogP contribution is 2.23. The smallest absolute Gasteiger partial charge is 0.247 e. The lowest BCUT2D eigenvalue weighted by atomic mass is 10.1. The molecule has 228 valence electrons. The van der Waals surface area contributed by atoms with Crippen molar-refractivity contribution in [2.24, 2.45) is 4.99 Å². The van der Waals surface area contributed by atoms with Gasteiger partial charge < -0.3 is 19.5 Å². The standard InChI is InChI=1S/C31H37N5O6S/c1-21-8-11-25(12-9-21)43(40,41)20-28(37)34-31(32-24-10-13-27-23(18-24)17-22(2)42-27)33-26-7-3-4-16-36(30(26)39)19-29(38)35-14-5-6-15-35/h8-13,17-18,26H,3-7,14-16,19-20H2,1-2H3,(H2,32,33,34,37)/t26-/m0/s1. The van der Waals surface area contributed by atoms with Gasteiger partial charge >= 0.3 is 0 Å². The molecule has 0 aliphatic carbocycles. The summed E-state index contributed by atoms with van der Waals surface area (Å²) in [6, 6.07) is 12.6. The molecule has 0 unspecified atom stereocenters. The summed E-state index contributed by atoms with van der Waals surface area (Å²) in [5.41, 5.74) is 2.15. The Balaban J connectivity index is 1.38.